The van der Waals surface area contributed by atoms with Gasteiger partial charge in [0.15, 0.2) is 0 Å². The molecule has 0 fully saturated rings. The number of fused-ring (bicyclic) bond motifs is 1. The molecule has 0 saturated carbocycles. The molecule has 2 aromatic carbocycles. The molecule has 4 nitrogen and oxygen atoms in total. The second-order valence-corrected chi connectivity index (χ2v) is 5.40. The number of aryl methyl sites for hydroxylation is 2. The Morgan fingerprint density at radius 2 is 1.55 bits per heavy atom. The molecule has 0 aliphatic heterocycles. The van der Waals surface area contributed by atoms with Crippen LogP contribution in [0, 0.1) is 6.92 Å². The molecule has 0 spiro atoms. The molecular formula is C18H15N3O. The summed E-state index contributed by atoms with van der Waals surface area (Å²) in [6.07, 6.45) is 2.03. The Bertz CT molecular complexity index is 965. The van der Waals surface area contributed by atoms with E-state index in [-0.39, 0.29) is 0 Å². The van der Waals surface area contributed by atoms with Gasteiger partial charge < -0.3 is 8.98 Å². The van der Waals surface area contributed by atoms with Crippen LogP contribution in [0.3, 0.4) is 0 Å². The molecule has 0 unspecified atom stereocenters. The van der Waals surface area contributed by atoms with Gasteiger partial charge in [-0.1, -0.05) is 36.4 Å². The van der Waals surface area contributed by atoms with E-state index in [1.54, 1.807) is 0 Å². The molecule has 4 aromatic rings. The van der Waals surface area contributed by atoms with Crippen LogP contribution in [0.1, 0.15) is 5.56 Å². The Hall–Kier alpha value is -2.88. The summed E-state index contributed by atoms with van der Waals surface area (Å²) in [7, 11) is 2.02. The first-order chi connectivity index (χ1) is 10.7. The lowest BCUT2D eigenvalue weighted by molar-refractivity contribution is 0.584. The molecule has 0 aliphatic rings. The fourth-order valence-electron chi connectivity index (χ4n) is 2.77. The quantitative estimate of drug-likeness (QED) is 0.555. The SMILES string of the molecule is Cc1ccccc1-c1nnc(-c2cn(C)c3ccccc23)o1. The minimum absolute atomic E-state index is 0.551. The molecule has 0 saturated heterocycles. The predicted octanol–water partition coefficient (Wildman–Crippen LogP) is 4.20. The third-order valence-electron chi connectivity index (χ3n) is 3.93. The first kappa shape index (κ1) is 12.8. The van der Waals surface area contributed by atoms with Crippen LogP contribution in [0.15, 0.2) is 59.1 Å². The lowest BCUT2D eigenvalue weighted by atomic mass is 10.1. The highest BCUT2D eigenvalue weighted by molar-refractivity contribution is 5.94. The Kier molecular flexibility index (Phi) is 2.82. The average molecular weight is 289 g/mol. The normalized spacial score (nSPS) is 11.2. The number of aromatic nitrogens is 3. The van der Waals surface area contributed by atoms with Gasteiger partial charge in [0.2, 0.25) is 11.8 Å². The van der Waals surface area contributed by atoms with Crippen molar-refractivity contribution in [1.82, 2.24) is 14.8 Å². The van der Waals surface area contributed by atoms with Crippen LogP contribution in [-0.4, -0.2) is 14.8 Å². The van der Waals surface area contributed by atoms with Crippen molar-refractivity contribution in [3.8, 4) is 22.9 Å². The maximum absolute atomic E-state index is 5.92. The Labute approximate surface area is 128 Å². The summed E-state index contributed by atoms with van der Waals surface area (Å²) in [5.74, 6) is 1.11. The zero-order chi connectivity index (χ0) is 15.1. The van der Waals surface area contributed by atoms with Crippen LogP contribution < -0.4 is 0 Å². The summed E-state index contributed by atoms with van der Waals surface area (Å²) in [6.45, 7) is 2.04. The van der Waals surface area contributed by atoms with Crippen LogP contribution in [0.25, 0.3) is 33.8 Å². The Balaban J connectivity index is 1.86. The van der Waals surface area contributed by atoms with Gasteiger partial charge in [0, 0.05) is 29.7 Å². The molecule has 2 heterocycles. The maximum Gasteiger partial charge on any atom is 0.250 e. The summed E-state index contributed by atoms with van der Waals surface area (Å²) < 4.78 is 7.99. The van der Waals surface area contributed by atoms with Gasteiger partial charge in [-0.25, -0.2) is 0 Å². The standard InChI is InChI=1S/C18H15N3O/c1-12-7-3-4-8-13(12)17-19-20-18(22-17)15-11-21(2)16-10-6-5-9-14(15)16/h3-11H,1-2H3. The topological polar surface area (TPSA) is 43.9 Å². The predicted molar refractivity (Wildman–Crippen MR) is 86.4 cm³/mol. The number of benzene rings is 2. The second kappa shape index (κ2) is 4.84. The molecule has 0 atom stereocenters. The third-order valence-corrected chi connectivity index (χ3v) is 3.93. The van der Waals surface area contributed by atoms with E-state index >= 15 is 0 Å². The summed E-state index contributed by atoms with van der Waals surface area (Å²) in [5.41, 5.74) is 4.20. The molecule has 0 N–H and O–H groups in total. The van der Waals surface area contributed by atoms with Gasteiger partial charge >= 0.3 is 0 Å². The van der Waals surface area contributed by atoms with Crippen molar-refractivity contribution in [2.75, 3.05) is 0 Å². The van der Waals surface area contributed by atoms with Crippen LogP contribution >= 0.6 is 0 Å². The lowest BCUT2D eigenvalue weighted by Gasteiger charge is -1.98. The molecule has 108 valence electrons. The molecular weight excluding hydrogens is 274 g/mol. The zero-order valence-electron chi connectivity index (χ0n) is 12.4. The van der Waals surface area contributed by atoms with E-state index in [2.05, 4.69) is 26.9 Å². The summed E-state index contributed by atoms with van der Waals surface area (Å²) in [6, 6.07) is 16.2. The third kappa shape index (κ3) is 1.92. The molecule has 2 aromatic heterocycles. The molecule has 22 heavy (non-hydrogen) atoms. The van der Waals surface area contributed by atoms with Gasteiger partial charge in [0.05, 0.1) is 5.56 Å². The highest BCUT2D eigenvalue weighted by Gasteiger charge is 2.16. The van der Waals surface area contributed by atoms with Crippen molar-refractivity contribution in [3.63, 3.8) is 0 Å². The lowest BCUT2D eigenvalue weighted by Crippen LogP contribution is -1.81. The van der Waals surface area contributed by atoms with Crippen molar-refractivity contribution in [1.29, 1.82) is 0 Å². The van der Waals surface area contributed by atoms with E-state index in [0.717, 1.165) is 27.6 Å². The van der Waals surface area contributed by atoms with Gasteiger partial charge in [-0.15, -0.1) is 10.2 Å². The van der Waals surface area contributed by atoms with E-state index < -0.39 is 0 Å². The first-order valence-corrected chi connectivity index (χ1v) is 7.18. The van der Waals surface area contributed by atoms with Gasteiger partial charge in [-0.3, -0.25) is 0 Å². The van der Waals surface area contributed by atoms with Crippen molar-refractivity contribution < 1.29 is 4.42 Å². The number of hydrogen-bond acceptors (Lipinski definition) is 3. The molecule has 0 bridgehead atoms. The van der Waals surface area contributed by atoms with Crippen molar-refractivity contribution in [2.24, 2.45) is 7.05 Å². The minimum Gasteiger partial charge on any atom is -0.416 e. The van der Waals surface area contributed by atoms with Crippen molar-refractivity contribution in [3.05, 3.63) is 60.3 Å². The van der Waals surface area contributed by atoms with Crippen LogP contribution in [0.4, 0.5) is 0 Å². The molecule has 0 aliphatic carbocycles. The fraction of sp³-hybridized carbons (Fsp3) is 0.111. The molecule has 4 rings (SSSR count). The molecule has 0 amide bonds. The number of para-hydroxylation sites is 1. The summed E-state index contributed by atoms with van der Waals surface area (Å²) in [4.78, 5) is 0. The molecule has 4 heteroatoms. The van der Waals surface area contributed by atoms with Crippen LogP contribution in [0.2, 0.25) is 0 Å². The van der Waals surface area contributed by atoms with Gasteiger partial charge in [0.1, 0.15) is 0 Å². The van der Waals surface area contributed by atoms with Gasteiger partial charge in [-0.2, -0.15) is 0 Å². The number of hydrogen-bond donors (Lipinski definition) is 0. The maximum atomic E-state index is 5.92. The van der Waals surface area contributed by atoms with Crippen LogP contribution in [0.5, 0.6) is 0 Å². The van der Waals surface area contributed by atoms with Gasteiger partial charge in [0.25, 0.3) is 0 Å². The zero-order valence-corrected chi connectivity index (χ0v) is 12.4. The Morgan fingerprint density at radius 3 is 2.36 bits per heavy atom. The van der Waals surface area contributed by atoms with E-state index in [9.17, 15) is 0 Å². The number of rotatable bonds is 2. The highest BCUT2D eigenvalue weighted by Crippen LogP contribution is 2.31. The smallest absolute Gasteiger partial charge is 0.250 e. The van der Waals surface area contributed by atoms with E-state index in [1.165, 1.54) is 0 Å². The van der Waals surface area contributed by atoms with Gasteiger partial charge in [-0.05, 0) is 24.6 Å². The van der Waals surface area contributed by atoms with Crippen molar-refractivity contribution in [2.45, 2.75) is 6.92 Å². The minimum atomic E-state index is 0.551. The summed E-state index contributed by atoms with van der Waals surface area (Å²) in [5, 5.41) is 9.57. The first-order valence-electron chi connectivity index (χ1n) is 7.18. The monoisotopic (exact) mass is 289 g/mol. The highest BCUT2D eigenvalue weighted by atomic mass is 16.4. The average Bonchev–Trinajstić information content (AvgIpc) is 3.13. The van der Waals surface area contributed by atoms with Crippen molar-refractivity contribution >= 4 is 10.9 Å². The number of nitrogens with zero attached hydrogens (tertiary/aromatic N) is 3. The summed E-state index contributed by atoms with van der Waals surface area (Å²) >= 11 is 0. The fourth-order valence-corrected chi connectivity index (χ4v) is 2.77. The molecule has 0 radical (unpaired) electrons. The van der Waals surface area contributed by atoms with Crippen LogP contribution in [-0.2, 0) is 7.05 Å². The largest absolute Gasteiger partial charge is 0.416 e. The Morgan fingerprint density at radius 1 is 0.864 bits per heavy atom. The van der Waals surface area contributed by atoms with E-state index in [4.69, 9.17) is 4.42 Å². The van der Waals surface area contributed by atoms with E-state index in [1.807, 2.05) is 56.6 Å². The second-order valence-electron chi connectivity index (χ2n) is 5.40. The van der Waals surface area contributed by atoms with E-state index in [0.29, 0.717) is 11.8 Å².